The maximum Gasteiger partial charge on any atom is 0.306 e. The number of nitrogens with zero attached hydrogens (tertiary/aromatic N) is 2. The Morgan fingerprint density at radius 2 is 1.93 bits per heavy atom. The average molecular weight is 402 g/mol. The molecule has 2 aromatic rings. The van der Waals surface area contributed by atoms with Crippen molar-refractivity contribution < 1.29 is 14.3 Å². The Morgan fingerprint density at radius 1 is 1.24 bits per heavy atom. The second-order valence-corrected chi connectivity index (χ2v) is 8.23. The lowest BCUT2D eigenvalue weighted by molar-refractivity contribution is -0.155. The first kappa shape index (κ1) is 22.6. The summed E-state index contributed by atoms with van der Waals surface area (Å²) in [5.41, 5.74) is 1.28. The van der Waals surface area contributed by atoms with Crippen LogP contribution in [0.1, 0.15) is 59.6 Å². The topological polar surface area (TPSA) is 90.3 Å². The van der Waals surface area contributed by atoms with Gasteiger partial charge in [0.15, 0.2) is 6.10 Å². The molecule has 1 atom stereocenters. The maximum atomic E-state index is 12.9. The van der Waals surface area contributed by atoms with E-state index in [0.29, 0.717) is 12.2 Å². The summed E-state index contributed by atoms with van der Waals surface area (Å²) in [4.78, 5) is 41.6. The Kier molecular flexibility index (Phi) is 7.53. The molecule has 29 heavy (non-hydrogen) atoms. The van der Waals surface area contributed by atoms with Crippen molar-refractivity contribution in [1.29, 1.82) is 0 Å². The number of benzene rings is 1. The summed E-state index contributed by atoms with van der Waals surface area (Å²) in [7, 11) is 0. The van der Waals surface area contributed by atoms with Crippen LogP contribution in [0.15, 0.2) is 29.1 Å². The van der Waals surface area contributed by atoms with Crippen molar-refractivity contribution in [2.45, 2.75) is 78.5 Å². The van der Waals surface area contributed by atoms with E-state index in [1.165, 1.54) is 6.92 Å². The molecule has 1 aromatic carbocycles. The van der Waals surface area contributed by atoms with E-state index >= 15 is 0 Å². The number of carbonyl (C=O) groups is 2. The van der Waals surface area contributed by atoms with E-state index in [0.717, 1.165) is 23.9 Å². The first-order valence-corrected chi connectivity index (χ1v) is 10.1. The number of unbranched alkanes of at least 4 members (excludes halogenated alkanes) is 1. The molecule has 1 heterocycles. The summed E-state index contributed by atoms with van der Waals surface area (Å²) in [6.07, 6.45) is 1.12. The highest BCUT2D eigenvalue weighted by atomic mass is 16.5. The molecule has 0 fully saturated rings. The highest BCUT2D eigenvalue weighted by molar-refractivity contribution is 5.84. The number of esters is 1. The summed E-state index contributed by atoms with van der Waals surface area (Å²) in [5.74, 6) is -0.882. The van der Waals surface area contributed by atoms with Gasteiger partial charge < -0.3 is 14.6 Å². The zero-order valence-corrected chi connectivity index (χ0v) is 17.9. The number of hydrogen-bond acceptors (Lipinski definition) is 5. The first-order chi connectivity index (χ1) is 13.6. The number of carbonyl (C=O) groups excluding carboxylic acids is 2. The number of hydrogen-bond donors (Lipinski definition) is 1. The zero-order valence-electron chi connectivity index (χ0n) is 17.9. The van der Waals surface area contributed by atoms with Crippen LogP contribution in [0.25, 0.3) is 11.0 Å². The Morgan fingerprint density at radius 3 is 2.59 bits per heavy atom. The lowest BCUT2D eigenvalue weighted by atomic mass is 10.1. The highest BCUT2D eigenvalue weighted by Gasteiger charge is 2.22. The number of ether oxygens (including phenoxy) is 1. The van der Waals surface area contributed by atoms with Crippen LogP contribution >= 0.6 is 0 Å². The largest absolute Gasteiger partial charge is 0.453 e. The predicted octanol–water partition coefficient (Wildman–Crippen LogP) is 2.98. The zero-order chi connectivity index (χ0) is 21.6. The number of rotatable bonds is 8. The monoisotopic (exact) mass is 401 g/mol. The molecule has 0 saturated carbocycles. The predicted molar refractivity (Wildman–Crippen MR) is 113 cm³/mol. The second-order valence-electron chi connectivity index (χ2n) is 8.23. The van der Waals surface area contributed by atoms with Gasteiger partial charge in [-0.1, -0.05) is 25.5 Å². The molecule has 0 radical (unpaired) electrons. The van der Waals surface area contributed by atoms with Crippen molar-refractivity contribution in [1.82, 2.24) is 14.9 Å². The van der Waals surface area contributed by atoms with E-state index in [4.69, 9.17) is 4.74 Å². The minimum Gasteiger partial charge on any atom is -0.453 e. The van der Waals surface area contributed by atoms with Gasteiger partial charge in [0.05, 0.1) is 17.5 Å². The molecule has 0 aliphatic carbocycles. The van der Waals surface area contributed by atoms with E-state index in [9.17, 15) is 14.4 Å². The van der Waals surface area contributed by atoms with Gasteiger partial charge >= 0.3 is 5.97 Å². The highest BCUT2D eigenvalue weighted by Crippen LogP contribution is 2.12. The van der Waals surface area contributed by atoms with E-state index in [-0.39, 0.29) is 24.3 Å². The van der Waals surface area contributed by atoms with Gasteiger partial charge in [-0.05, 0) is 46.2 Å². The van der Waals surface area contributed by atoms with Crippen LogP contribution < -0.4 is 10.9 Å². The molecule has 7 heteroatoms. The van der Waals surface area contributed by atoms with Crippen molar-refractivity contribution in [2.75, 3.05) is 0 Å². The third-order valence-electron chi connectivity index (χ3n) is 4.40. The summed E-state index contributed by atoms with van der Waals surface area (Å²) in [5, 5.41) is 2.77. The maximum absolute atomic E-state index is 12.9. The molecule has 0 aliphatic heterocycles. The van der Waals surface area contributed by atoms with E-state index in [1.807, 2.05) is 45.0 Å². The molecule has 0 spiro atoms. The van der Waals surface area contributed by atoms with E-state index in [1.54, 1.807) is 4.57 Å². The fourth-order valence-corrected chi connectivity index (χ4v) is 2.95. The average Bonchev–Trinajstić information content (AvgIpc) is 2.64. The Balaban J connectivity index is 2.10. The number of aryl methyl sites for hydroxylation is 2. The second kappa shape index (κ2) is 9.67. The van der Waals surface area contributed by atoms with Crippen molar-refractivity contribution in [2.24, 2.45) is 0 Å². The van der Waals surface area contributed by atoms with Crippen molar-refractivity contribution in [3.63, 3.8) is 0 Å². The van der Waals surface area contributed by atoms with Gasteiger partial charge in [-0.3, -0.25) is 14.4 Å². The molecule has 7 nitrogen and oxygen atoms in total. The van der Waals surface area contributed by atoms with Gasteiger partial charge in [0.25, 0.3) is 11.5 Å². The Bertz CT molecular complexity index is 928. The molecule has 1 N–H and O–H groups in total. The van der Waals surface area contributed by atoms with Gasteiger partial charge in [-0.2, -0.15) is 0 Å². The summed E-state index contributed by atoms with van der Waals surface area (Å²) in [6, 6.07) is 7.50. The molecule has 0 unspecified atom stereocenters. The Labute approximate surface area is 171 Å². The van der Waals surface area contributed by atoms with Crippen LogP contribution in [-0.4, -0.2) is 33.1 Å². The lowest BCUT2D eigenvalue weighted by Crippen LogP contribution is -2.46. The molecule has 0 bridgehead atoms. The van der Waals surface area contributed by atoms with Gasteiger partial charge in [0.1, 0.15) is 5.69 Å². The Hall–Kier alpha value is -2.70. The third-order valence-corrected chi connectivity index (χ3v) is 4.40. The molecular formula is C22H31N3O4. The van der Waals surface area contributed by atoms with Gasteiger partial charge in [-0.15, -0.1) is 0 Å². The van der Waals surface area contributed by atoms with Crippen molar-refractivity contribution in [3.05, 3.63) is 40.3 Å². The third kappa shape index (κ3) is 6.41. The van der Waals surface area contributed by atoms with Crippen LogP contribution in [-0.2, 0) is 27.3 Å². The molecule has 1 amide bonds. The summed E-state index contributed by atoms with van der Waals surface area (Å²) < 4.78 is 6.94. The first-order valence-electron chi connectivity index (χ1n) is 10.1. The van der Waals surface area contributed by atoms with Crippen LogP contribution in [0.2, 0.25) is 0 Å². The normalized spacial score (nSPS) is 12.6. The number of nitrogens with one attached hydrogen (secondary N) is 1. The van der Waals surface area contributed by atoms with Crippen molar-refractivity contribution in [3.8, 4) is 0 Å². The number of para-hydroxylation sites is 2. The van der Waals surface area contributed by atoms with Crippen LogP contribution in [0, 0.1) is 0 Å². The van der Waals surface area contributed by atoms with Crippen molar-refractivity contribution >= 4 is 22.9 Å². The van der Waals surface area contributed by atoms with Gasteiger partial charge in [0, 0.05) is 18.5 Å². The quantitative estimate of drug-likeness (QED) is 0.687. The molecule has 0 aliphatic rings. The van der Waals surface area contributed by atoms with Gasteiger partial charge in [0.2, 0.25) is 0 Å². The number of amides is 1. The fraction of sp³-hybridized carbons (Fsp3) is 0.545. The van der Waals surface area contributed by atoms with Crippen LogP contribution in [0.4, 0.5) is 0 Å². The molecular weight excluding hydrogens is 370 g/mol. The molecule has 2 rings (SSSR count). The summed E-state index contributed by atoms with van der Waals surface area (Å²) >= 11 is 0. The minimum absolute atomic E-state index is 0.0124. The summed E-state index contributed by atoms with van der Waals surface area (Å²) in [6.45, 7) is 9.78. The lowest BCUT2D eigenvalue weighted by Gasteiger charge is -2.23. The van der Waals surface area contributed by atoms with Crippen LogP contribution in [0.3, 0.4) is 0 Å². The minimum atomic E-state index is -0.896. The molecule has 0 saturated heterocycles. The van der Waals surface area contributed by atoms with E-state index in [2.05, 4.69) is 17.2 Å². The number of fused-ring (bicyclic) bond motifs is 1. The SMILES string of the molecule is CCCCn1c(=O)c(CCC(=O)O[C@H](C)C(=O)NC(C)(C)C)nc2ccccc21. The molecule has 158 valence electrons. The standard InChI is InChI=1S/C22H31N3O4/c1-6-7-14-25-18-11-9-8-10-16(18)23-17(21(25)28)12-13-19(26)29-15(2)20(27)24-22(3,4)5/h8-11,15H,6-7,12-14H2,1-5H3,(H,24,27)/t15-/m1/s1. The van der Waals surface area contributed by atoms with Gasteiger partial charge in [-0.25, -0.2) is 4.98 Å². The van der Waals surface area contributed by atoms with Crippen LogP contribution in [0.5, 0.6) is 0 Å². The molecule has 1 aromatic heterocycles. The number of aromatic nitrogens is 2. The fourth-order valence-electron chi connectivity index (χ4n) is 2.95. The van der Waals surface area contributed by atoms with E-state index < -0.39 is 17.6 Å². The smallest absolute Gasteiger partial charge is 0.306 e.